The molecule has 0 radical (unpaired) electrons. The van der Waals surface area contributed by atoms with Crippen molar-refractivity contribution in [3.8, 4) is 6.07 Å². The summed E-state index contributed by atoms with van der Waals surface area (Å²) in [7, 11) is 0. The van der Waals surface area contributed by atoms with Crippen LogP contribution in [0.5, 0.6) is 0 Å². The zero-order valence-corrected chi connectivity index (χ0v) is 10.8. The fourth-order valence-electron chi connectivity index (χ4n) is 2.04. The molecule has 0 spiro atoms. The highest BCUT2D eigenvalue weighted by atomic mass is 16.5. The summed E-state index contributed by atoms with van der Waals surface area (Å²) in [5.74, 6) is 0. The molecule has 1 atom stereocenters. The van der Waals surface area contributed by atoms with E-state index >= 15 is 0 Å². The number of nitriles is 1. The highest BCUT2D eigenvalue weighted by Crippen LogP contribution is 2.24. The van der Waals surface area contributed by atoms with E-state index in [1.807, 2.05) is 13.8 Å². The number of hydrogen-bond acceptors (Lipinski definition) is 3. The third kappa shape index (κ3) is 4.51. The number of rotatable bonds is 6. The Balaban J connectivity index is 2.06. The van der Waals surface area contributed by atoms with Gasteiger partial charge in [-0.15, -0.1) is 0 Å². The van der Waals surface area contributed by atoms with Crippen LogP contribution in [-0.4, -0.2) is 25.3 Å². The highest BCUT2D eigenvalue weighted by Gasteiger charge is 2.28. The summed E-state index contributed by atoms with van der Waals surface area (Å²) in [4.78, 5) is 0. The van der Waals surface area contributed by atoms with Crippen LogP contribution in [0.4, 0.5) is 0 Å². The molecule has 0 aromatic rings. The fourth-order valence-corrected chi connectivity index (χ4v) is 2.04. The molecule has 0 bridgehead atoms. The quantitative estimate of drug-likeness (QED) is 0.705. The summed E-state index contributed by atoms with van der Waals surface area (Å²) in [6.45, 7) is 8.97. The fraction of sp³-hybridized carbons (Fsp3) is 0.923. The summed E-state index contributed by atoms with van der Waals surface area (Å²) in [5.41, 5.74) is -0.139. The molecule has 0 saturated carbocycles. The van der Waals surface area contributed by atoms with Crippen molar-refractivity contribution in [3.63, 3.8) is 0 Å². The van der Waals surface area contributed by atoms with E-state index in [0.717, 1.165) is 39.0 Å². The molecule has 1 fully saturated rings. The average Bonchev–Trinajstić information content (AvgIpc) is 2.65. The second-order valence-electron chi connectivity index (χ2n) is 5.68. The van der Waals surface area contributed by atoms with Gasteiger partial charge in [-0.1, -0.05) is 0 Å². The topological polar surface area (TPSA) is 45.0 Å². The van der Waals surface area contributed by atoms with Crippen molar-refractivity contribution >= 4 is 0 Å². The van der Waals surface area contributed by atoms with Crippen molar-refractivity contribution in [1.82, 2.24) is 5.32 Å². The van der Waals surface area contributed by atoms with Crippen LogP contribution in [0.2, 0.25) is 0 Å². The van der Waals surface area contributed by atoms with E-state index in [-0.39, 0.29) is 11.0 Å². The van der Waals surface area contributed by atoms with E-state index in [9.17, 15) is 0 Å². The zero-order chi connectivity index (χ0) is 12.1. The minimum Gasteiger partial charge on any atom is -0.374 e. The van der Waals surface area contributed by atoms with Crippen molar-refractivity contribution in [2.24, 2.45) is 5.41 Å². The first kappa shape index (κ1) is 13.5. The van der Waals surface area contributed by atoms with Gasteiger partial charge in [0.15, 0.2) is 0 Å². The Morgan fingerprint density at radius 2 is 2.25 bits per heavy atom. The van der Waals surface area contributed by atoms with Gasteiger partial charge in [0.25, 0.3) is 0 Å². The second-order valence-corrected chi connectivity index (χ2v) is 5.68. The van der Waals surface area contributed by atoms with Crippen LogP contribution < -0.4 is 5.32 Å². The second kappa shape index (κ2) is 5.65. The van der Waals surface area contributed by atoms with E-state index in [1.165, 1.54) is 6.42 Å². The first-order valence-corrected chi connectivity index (χ1v) is 6.23. The largest absolute Gasteiger partial charge is 0.374 e. The van der Waals surface area contributed by atoms with Gasteiger partial charge in [-0.05, 0) is 53.0 Å². The Hall–Kier alpha value is -0.590. The SMILES string of the molecule is CC(C)(C#N)CCCNCC1(C)CCCO1. The van der Waals surface area contributed by atoms with Gasteiger partial charge >= 0.3 is 0 Å². The first-order valence-electron chi connectivity index (χ1n) is 6.23. The smallest absolute Gasteiger partial charge is 0.0779 e. The molecule has 0 amide bonds. The molecule has 16 heavy (non-hydrogen) atoms. The lowest BCUT2D eigenvalue weighted by Crippen LogP contribution is -2.37. The van der Waals surface area contributed by atoms with Crippen molar-refractivity contribution in [2.75, 3.05) is 19.7 Å². The summed E-state index contributed by atoms with van der Waals surface area (Å²) >= 11 is 0. The van der Waals surface area contributed by atoms with Crippen LogP contribution in [0.15, 0.2) is 0 Å². The monoisotopic (exact) mass is 224 g/mol. The molecule has 1 heterocycles. The van der Waals surface area contributed by atoms with Crippen LogP contribution in [0.25, 0.3) is 0 Å². The lowest BCUT2D eigenvalue weighted by molar-refractivity contribution is 0.0209. The molecular weight excluding hydrogens is 200 g/mol. The lowest BCUT2D eigenvalue weighted by Gasteiger charge is -2.23. The Bertz CT molecular complexity index is 249. The number of nitrogens with zero attached hydrogens (tertiary/aromatic N) is 1. The molecule has 1 N–H and O–H groups in total. The van der Waals surface area contributed by atoms with E-state index in [2.05, 4.69) is 18.3 Å². The maximum atomic E-state index is 8.87. The number of nitrogens with one attached hydrogen (secondary N) is 1. The Morgan fingerprint density at radius 3 is 2.81 bits per heavy atom. The molecule has 92 valence electrons. The molecule has 1 aliphatic heterocycles. The summed E-state index contributed by atoms with van der Waals surface area (Å²) < 4.78 is 5.69. The van der Waals surface area contributed by atoms with Crippen LogP contribution in [0.1, 0.15) is 46.5 Å². The Kier molecular flexibility index (Phi) is 4.76. The zero-order valence-electron chi connectivity index (χ0n) is 10.8. The predicted octanol–water partition coefficient (Wildman–Crippen LogP) is 2.48. The van der Waals surface area contributed by atoms with Crippen LogP contribution in [0.3, 0.4) is 0 Å². The first-order chi connectivity index (χ1) is 7.47. The Morgan fingerprint density at radius 1 is 1.50 bits per heavy atom. The summed E-state index contributed by atoms with van der Waals surface area (Å²) in [5, 5.41) is 12.3. The van der Waals surface area contributed by atoms with Gasteiger partial charge < -0.3 is 10.1 Å². The summed E-state index contributed by atoms with van der Waals surface area (Å²) in [6, 6.07) is 2.33. The molecule has 3 nitrogen and oxygen atoms in total. The van der Waals surface area contributed by atoms with Gasteiger partial charge in [0.05, 0.1) is 17.1 Å². The Labute approximate surface area is 99.2 Å². The molecule has 1 aliphatic rings. The normalized spacial score (nSPS) is 25.6. The molecule has 1 rings (SSSR count). The third-order valence-corrected chi connectivity index (χ3v) is 3.26. The van der Waals surface area contributed by atoms with E-state index in [4.69, 9.17) is 10.00 Å². The number of ether oxygens (including phenoxy) is 1. The molecule has 3 heteroatoms. The maximum absolute atomic E-state index is 8.87. The minimum absolute atomic E-state index is 0.0464. The van der Waals surface area contributed by atoms with Crippen molar-refractivity contribution in [3.05, 3.63) is 0 Å². The van der Waals surface area contributed by atoms with Crippen LogP contribution >= 0.6 is 0 Å². The third-order valence-electron chi connectivity index (χ3n) is 3.26. The highest BCUT2D eigenvalue weighted by molar-refractivity contribution is 4.91. The van der Waals surface area contributed by atoms with Crippen molar-refractivity contribution < 1.29 is 4.74 Å². The van der Waals surface area contributed by atoms with Gasteiger partial charge in [-0.25, -0.2) is 0 Å². The van der Waals surface area contributed by atoms with Crippen molar-refractivity contribution in [1.29, 1.82) is 5.26 Å². The van der Waals surface area contributed by atoms with E-state index in [0.29, 0.717) is 0 Å². The maximum Gasteiger partial charge on any atom is 0.0779 e. The van der Waals surface area contributed by atoms with Gasteiger partial charge in [0.2, 0.25) is 0 Å². The van der Waals surface area contributed by atoms with E-state index < -0.39 is 0 Å². The lowest BCUT2D eigenvalue weighted by atomic mass is 9.90. The minimum atomic E-state index is -0.185. The van der Waals surface area contributed by atoms with Gasteiger partial charge in [0.1, 0.15) is 0 Å². The molecule has 0 aliphatic carbocycles. The summed E-state index contributed by atoms with van der Waals surface area (Å²) in [6.07, 6.45) is 4.34. The van der Waals surface area contributed by atoms with Crippen molar-refractivity contribution in [2.45, 2.75) is 52.1 Å². The van der Waals surface area contributed by atoms with Gasteiger partial charge in [-0.3, -0.25) is 0 Å². The predicted molar refractivity (Wildman–Crippen MR) is 65.1 cm³/mol. The number of hydrogen-bond donors (Lipinski definition) is 1. The van der Waals surface area contributed by atoms with Crippen LogP contribution in [-0.2, 0) is 4.74 Å². The molecular formula is C13H24N2O. The molecule has 0 aromatic carbocycles. The van der Waals surface area contributed by atoms with Gasteiger partial charge in [-0.2, -0.15) is 5.26 Å². The van der Waals surface area contributed by atoms with Crippen LogP contribution in [0, 0.1) is 16.7 Å². The molecule has 1 unspecified atom stereocenters. The van der Waals surface area contributed by atoms with E-state index in [1.54, 1.807) is 0 Å². The average molecular weight is 224 g/mol. The molecule has 0 aromatic heterocycles. The standard InChI is InChI=1S/C13H24N2O/c1-12(2,10-14)6-4-8-15-11-13(3)7-5-9-16-13/h15H,4-9,11H2,1-3H3. The van der Waals surface area contributed by atoms with Gasteiger partial charge in [0, 0.05) is 13.2 Å². The molecule has 1 saturated heterocycles.